The molecule has 1 aromatic heterocycles. The zero-order valence-electron chi connectivity index (χ0n) is 17.2. The summed E-state index contributed by atoms with van der Waals surface area (Å²) in [7, 11) is 0. The highest BCUT2D eigenvalue weighted by Gasteiger charge is 2.12. The molecule has 4 aromatic rings. The molecule has 0 atom stereocenters. The number of carbonyl (C=O) groups is 1. The Bertz CT molecular complexity index is 1270. The van der Waals surface area contributed by atoms with Crippen molar-refractivity contribution in [2.24, 2.45) is 10.2 Å². The lowest BCUT2D eigenvalue weighted by Gasteiger charge is -2.08. The first-order valence-corrected chi connectivity index (χ1v) is 9.94. The fourth-order valence-corrected chi connectivity index (χ4v) is 3.10. The van der Waals surface area contributed by atoms with Gasteiger partial charge in [0, 0.05) is 10.9 Å². The van der Waals surface area contributed by atoms with Crippen molar-refractivity contribution in [2.45, 2.75) is 13.5 Å². The second kappa shape index (κ2) is 9.30. The van der Waals surface area contributed by atoms with Gasteiger partial charge in [0.2, 0.25) is 5.88 Å². The third kappa shape index (κ3) is 4.75. The third-order valence-electron chi connectivity index (χ3n) is 4.70. The predicted octanol–water partition coefficient (Wildman–Crippen LogP) is 5.91. The van der Waals surface area contributed by atoms with E-state index in [1.54, 1.807) is 24.3 Å². The van der Waals surface area contributed by atoms with Gasteiger partial charge in [-0.05, 0) is 67.1 Å². The Kier molecular flexibility index (Phi) is 6.12. The van der Waals surface area contributed by atoms with Crippen LogP contribution in [0.25, 0.3) is 10.9 Å². The number of aromatic hydroxyl groups is 1. The lowest BCUT2D eigenvalue weighted by Crippen LogP contribution is -1.98. The molecule has 1 heterocycles. The molecule has 7 nitrogen and oxygen atoms in total. The molecule has 0 fully saturated rings. The zero-order valence-corrected chi connectivity index (χ0v) is 17.2. The van der Waals surface area contributed by atoms with Crippen molar-refractivity contribution >= 4 is 22.5 Å². The minimum Gasteiger partial charge on any atom is -0.494 e. The van der Waals surface area contributed by atoms with Gasteiger partial charge < -0.3 is 19.6 Å². The number of hydrogen-bond acceptors (Lipinski definition) is 5. The number of carbonyl (C=O) groups excluding carboxylic acids is 1. The van der Waals surface area contributed by atoms with Gasteiger partial charge in [-0.15, -0.1) is 10.2 Å². The maximum absolute atomic E-state index is 13.5. The highest BCUT2D eigenvalue weighted by atomic mass is 19.1. The van der Waals surface area contributed by atoms with Crippen molar-refractivity contribution in [1.82, 2.24) is 4.98 Å². The van der Waals surface area contributed by atoms with Crippen molar-refractivity contribution in [3.63, 3.8) is 0 Å². The number of rotatable bonds is 7. The second-order valence-corrected chi connectivity index (χ2v) is 6.91. The minimum absolute atomic E-state index is 0.00762. The number of nitrogens with one attached hydrogen (secondary N) is 1. The van der Waals surface area contributed by atoms with Gasteiger partial charge in [0.15, 0.2) is 5.69 Å². The lowest BCUT2D eigenvalue weighted by molar-refractivity contribution is 0.0995. The van der Waals surface area contributed by atoms with E-state index in [0.717, 1.165) is 11.3 Å². The van der Waals surface area contributed by atoms with Gasteiger partial charge in [0.25, 0.3) is 5.91 Å². The van der Waals surface area contributed by atoms with E-state index in [1.807, 2.05) is 31.2 Å². The van der Waals surface area contributed by atoms with Gasteiger partial charge in [-0.25, -0.2) is 4.39 Å². The van der Waals surface area contributed by atoms with Crippen molar-refractivity contribution in [1.29, 1.82) is 0 Å². The standard InChI is InChI=1S/C24H20FN3O4/c1-2-31-18-8-10-19(11-9-18)32-14-15-3-5-16(6-4-15)23(29)28-27-22-20-13-17(25)7-12-21(20)26-24(22)30/h3-13,26,30H,2,14H2,1H3. The largest absolute Gasteiger partial charge is 0.494 e. The molecule has 3 aromatic carbocycles. The summed E-state index contributed by atoms with van der Waals surface area (Å²) < 4.78 is 24.6. The molecule has 0 aliphatic carbocycles. The van der Waals surface area contributed by atoms with Crippen LogP contribution in [-0.4, -0.2) is 22.6 Å². The van der Waals surface area contributed by atoms with Crippen LogP contribution < -0.4 is 9.47 Å². The molecule has 4 rings (SSSR count). The van der Waals surface area contributed by atoms with Gasteiger partial charge in [0.1, 0.15) is 23.9 Å². The zero-order chi connectivity index (χ0) is 22.5. The molecule has 1 amide bonds. The van der Waals surface area contributed by atoms with Crippen LogP contribution in [0.4, 0.5) is 10.1 Å². The Morgan fingerprint density at radius 1 is 1.00 bits per heavy atom. The van der Waals surface area contributed by atoms with Crippen LogP contribution in [-0.2, 0) is 6.61 Å². The molecule has 8 heteroatoms. The fourth-order valence-electron chi connectivity index (χ4n) is 3.10. The number of nitrogens with zero attached hydrogens (tertiary/aromatic N) is 2. The minimum atomic E-state index is -0.589. The molecule has 0 unspecified atom stereocenters. The summed E-state index contributed by atoms with van der Waals surface area (Å²) in [4.78, 5) is 15.0. The molecular weight excluding hydrogens is 413 g/mol. The van der Waals surface area contributed by atoms with E-state index < -0.39 is 11.7 Å². The molecule has 162 valence electrons. The molecule has 0 spiro atoms. The number of azo groups is 1. The third-order valence-corrected chi connectivity index (χ3v) is 4.70. The molecule has 2 N–H and O–H groups in total. The SMILES string of the molecule is CCOc1ccc(OCc2ccc(C(=O)N=Nc3c(O)[nH]c4ccc(F)cc34)cc2)cc1. The Morgan fingerprint density at radius 2 is 1.69 bits per heavy atom. The van der Waals surface area contributed by atoms with E-state index in [0.29, 0.717) is 35.4 Å². The number of hydrogen-bond donors (Lipinski definition) is 2. The maximum Gasteiger partial charge on any atom is 0.295 e. The van der Waals surface area contributed by atoms with Crippen LogP contribution in [0.3, 0.4) is 0 Å². The van der Waals surface area contributed by atoms with Gasteiger partial charge in [0.05, 0.1) is 12.1 Å². The number of benzene rings is 3. The average Bonchev–Trinajstić information content (AvgIpc) is 3.11. The summed E-state index contributed by atoms with van der Waals surface area (Å²) in [5, 5.41) is 17.8. The number of ether oxygens (including phenoxy) is 2. The maximum atomic E-state index is 13.5. The number of halogens is 1. The van der Waals surface area contributed by atoms with E-state index in [-0.39, 0.29) is 11.6 Å². The average molecular weight is 433 g/mol. The van der Waals surface area contributed by atoms with Crippen LogP contribution in [0.2, 0.25) is 0 Å². The number of aromatic amines is 1. The summed E-state index contributed by atoms with van der Waals surface area (Å²) in [5.41, 5.74) is 1.69. The van der Waals surface area contributed by atoms with Crippen LogP contribution in [0.1, 0.15) is 22.8 Å². The van der Waals surface area contributed by atoms with Crippen molar-refractivity contribution in [2.75, 3.05) is 6.61 Å². The van der Waals surface area contributed by atoms with E-state index in [2.05, 4.69) is 15.2 Å². The van der Waals surface area contributed by atoms with E-state index in [9.17, 15) is 14.3 Å². The fraction of sp³-hybridized carbons (Fsp3) is 0.125. The van der Waals surface area contributed by atoms with Crippen molar-refractivity contribution < 1.29 is 23.8 Å². The van der Waals surface area contributed by atoms with Crippen LogP contribution in [0.5, 0.6) is 17.4 Å². The topological polar surface area (TPSA) is 96.3 Å². The first kappa shape index (κ1) is 21.0. The van der Waals surface area contributed by atoms with Crippen LogP contribution >= 0.6 is 0 Å². The van der Waals surface area contributed by atoms with Gasteiger partial charge in [-0.1, -0.05) is 12.1 Å². The number of H-pyrrole nitrogens is 1. The number of aromatic nitrogens is 1. The van der Waals surface area contributed by atoms with Gasteiger partial charge >= 0.3 is 0 Å². The molecule has 0 aliphatic heterocycles. The van der Waals surface area contributed by atoms with E-state index in [4.69, 9.17) is 9.47 Å². The van der Waals surface area contributed by atoms with E-state index >= 15 is 0 Å². The Balaban J connectivity index is 1.40. The molecule has 0 saturated carbocycles. The summed E-state index contributed by atoms with van der Waals surface area (Å²) in [5.74, 6) is 0.126. The first-order chi connectivity index (χ1) is 15.5. The number of fused-ring (bicyclic) bond motifs is 1. The normalized spacial score (nSPS) is 11.2. The molecule has 32 heavy (non-hydrogen) atoms. The smallest absolute Gasteiger partial charge is 0.295 e. The second-order valence-electron chi connectivity index (χ2n) is 6.91. The van der Waals surface area contributed by atoms with Gasteiger partial charge in [-0.3, -0.25) is 4.79 Å². The Labute approximate surface area is 183 Å². The summed E-state index contributed by atoms with van der Waals surface area (Å²) in [6, 6.07) is 18.0. The Hall–Kier alpha value is -4.20. The monoisotopic (exact) mass is 433 g/mol. The van der Waals surface area contributed by atoms with Gasteiger partial charge in [-0.2, -0.15) is 0 Å². The van der Waals surface area contributed by atoms with Crippen LogP contribution in [0.15, 0.2) is 77.0 Å². The summed E-state index contributed by atoms with van der Waals surface area (Å²) >= 11 is 0. The van der Waals surface area contributed by atoms with Crippen molar-refractivity contribution in [3.05, 3.63) is 83.7 Å². The predicted molar refractivity (Wildman–Crippen MR) is 117 cm³/mol. The van der Waals surface area contributed by atoms with Crippen molar-refractivity contribution in [3.8, 4) is 17.4 Å². The summed E-state index contributed by atoms with van der Waals surface area (Å²) in [6.07, 6.45) is 0. The molecule has 0 bridgehead atoms. The summed E-state index contributed by atoms with van der Waals surface area (Å²) in [6.45, 7) is 2.86. The highest BCUT2D eigenvalue weighted by Crippen LogP contribution is 2.35. The quantitative estimate of drug-likeness (QED) is 0.354. The molecule has 0 saturated heterocycles. The molecular formula is C24H20FN3O4. The highest BCUT2D eigenvalue weighted by molar-refractivity contribution is 5.97. The van der Waals surface area contributed by atoms with Crippen LogP contribution in [0, 0.1) is 5.82 Å². The molecule has 0 radical (unpaired) electrons. The number of amides is 1. The van der Waals surface area contributed by atoms with E-state index in [1.165, 1.54) is 18.2 Å². The first-order valence-electron chi connectivity index (χ1n) is 9.94. The molecule has 0 aliphatic rings. The lowest BCUT2D eigenvalue weighted by atomic mass is 10.1. The Morgan fingerprint density at radius 3 is 2.38 bits per heavy atom.